The van der Waals surface area contributed by atoms with Crippen molar-refractivity contribution in [2.24, 2.45) is 5.92 Å². The molecule has 0 radical (unpaired) electrons. The maximum absolute atomic E-state index is 12.0. The lowest BCUT2D eigenvalue weighted by Gasteiger charge is -2.30. The van der Waals surface area contributed by atoms with E-state index in [1.54, 1.807) is 6.20 Å². The Morgan fingerprint density at radius 2 is 1.92 bits per heavy atom. The number of aromatic nitrogens is 3. The van der Waals surface area contributed by atoms with E-state index in [-0.39, 0.29) is 11.9 Å². The van der Waals surface area contributed by atoms with Crippen molar-refractivity contribution in [3.05, 3.63) is 72.1 Å². The van der Waals surface area contributed by atoms with Gasteiger partial charge in [-0.25, -0.2) is 4.98 Å². The fourth-order valence-corrected chi connectivity index (χ4v) is 4.71. The summed E-state index contributed by atoms with van der Waals surface area (Å²) >= 11 is 0. The first-order chi connectivity index (χ1) is 17.6. The molecule has 0 atom stereocenters. The molecule has 3 N–H and O–H groups in total. The minimum atomic E-state index is -0.0554. The van der Waals surface area contributed by atoms with Crippen LogP contribution in [0.25, 0.3) is 10.9 Å². The SMILES string of the molecule is CCOC(=O)C1CCN(Cc2cccc(Nc3nccc(Nc4ccc5[nH]c(C)cc5c4)n3)c2)CC1. The van der Waals surface area contributed by atoms with Crippen molar-refractivity contribution in [3.63, 3.8) is 0 Å². The van der Waals surface area contributed by atoms with Gasteiger partial charge in [-0.2, -0.15) is 4.98 Å². The first-order valence-corrected chi connectivity index (χ1v) is 12.5. The van der Waals surface area contributed by atoms with E-state index in [0.29, 0.717) is 12.6 Å². The number of esters is 1. The predicted octanol–water partition coefficient (Wildman–Crippen LogP) is 5.53. The summed E-state index contributed by atoms with van der Waals surface area (Å²) in [6, 6.07) is 18.5. The molecule has 0 saturated carbocycles. The second kappa shape index (κ2) is 10.8. The Bertz CT molecular complexity index is 1340. The smallest absolute Gasteiger partial charge is 0.309 e. The number of likely N-dealkylation sites (tertiary alicyclic amines) is 1. The molecular formula is C28H32N6O2. The Balaban J connectivity index is 1.20. The molecule has 0 bridgehead atoms. The summed E-state index contributed by atoms with van der Waals surface area (Å²) in [5.74, 6) is 1.23. The third-order valence-electron chi connectivity index (χ3n) is 6.48. The summed E-state index contributed by atoms with van der Waals surface area (Å²) < 4.78 is 5.18. The standard InChI is InChI=1S/C28H32N6O2/c1-3-36-27(35)21-10-13-34(14-11-21)18-20-5-4-6-23(16-20)32-28-29-12-9-26(33-28)31-24-7-8-25-22(17-24)15-19(2)30-25/h4-9,12,15-17,21,30H,3,10-11,13-14,18H2,1-2H3,(H2,29,31,32,33). The molecular weight excluding hydrogens is 452 g/mol. The van der Waals surface area contributed by atoms with Gasteiger partial charge in [0.25, 0.3) is 0 Å². The van der Waals surface area contributed by atoms with Gasteiger partial charge in [-0.05, 0) is 87.8 Å². The molecule has 0 amide bonds. The van der Waals surface area contributed by atoms with Crippen LogP contribution in [-0.2, 0) is 16.1 Å². The highest BCUT2D eigenvalue weighted by Gasteiger charge is 2.25. The summed E-state index contributed by atoms with van der Waals surface area (Å²) in [7, 11) is 0. The molecule has 1 fully saturated rings. The highest BCUT2D eigenvalue weighted by Crippen LogP contribution is 2.24. The average molecular weight is 485 g/mol. The molecule has 2 aromatic carbocycles. The fraction of sp³-hybridized carbons (Fsp3) is 0.321. The monoisotopic (exact) mass is 484 g/mol. The van der Waals surface area contributed by atoms with Crippen molar-refractivity contribution in [2.45, 2.75) is 33.2 Å². The number of nitrogens with one attached hydrogen (secondary N) is 3. The Hall–Kier alpha value is -3.91. The molecule has 1 aliphatic rings. The molecule has 1 aliphatic heterocycles. The van der Waals surface area contributed by atoms with E-state index in [1.807, 2.05) is 31.2 Å². The first-order valence-electron chi connectivity index (χ1n) is 12.5. The Kier molecular flexibility index (Phi) is 7.13. The maximum Gasteiger partial charge on any atom is 0.309 e. The lowest BCUT2D eigenvalue weighted by Crippen LogP contribution is -2.36. The van der Waals surface area contributed by atoms with E-state index in [1.165, 1.54) is 5.56 Å². The van der Waals surface area contributed by atoms with Crippen LogP contribution in [0.2, 0.25) is 0 Å². The van der Waals surface area contributed by atoms with E-state index in [0.717, 1.165) is 66.3 Å². The molecule has 8 heteroatoms. The van der Waals surface area contributed by atoms with Gasteiger partial charge < -0.3 is 20.4 Å². The average Bonchev–Trinajstić information content (AvgIpc) is 3.24. The predicted molar refractivity (Wildman–Crippen MR) is 143 cm³/mol. The molecule has 4 aromatic rings. The van der Waals surface area contributed by atoms with Gasteiger partial charge in [0.2, 0.25) is 5.95 Å². The van der Waals surface area contributed by atoms with Crippen LogP contribution in [0.15, 0.2) is 60.8 Å². The lowest BCUT2D eigenvalue weighted by atomic mass is 9.96. The molecule has 2 aromatic heterocycles. The van der Waals surface area contributed by atoms with Gasteiger partial charge >= 0.3 is 5.97 Å². The molecule has 3 heterocycles. The van der Waals surface area contributed by atoms with Crippen molar-refractivity contribution >= 4 is 40.0 Å². The van der Waals surface area contributed by atoms with Gasteiger partial charge in [0.15, 0.2) is 0 Å². The van der Waals surface area contributed by atoms with Crippen molar-refractivity contribution in [1.29, 1.82) is 0 Å². The minimum Gasteiger partial charge on any atom is -0.466 e. The number of nitrogens with zero attached hydrogens (tertiary/aromatic N) is 3. The highest BCUT2D eigenvalue weighted by molar-refractivity contribution is 5.84. The van der Waals surface area contributed by atoms with Crippen molar-refractivity contribution in [3.8, 4) is 0 Å². The zero-order valence-electron chi connectivity index (χ0n) is 20.8. The van der Waals surface area contributed by atoms with Gasteiger partial charge in [-0.3, -0.25) is 9.69 Å². The number of ether oxygens (including phenoxy) is 1. The number of benzene rings is 2. The molecule has 0 spiro atoms. The maximum atomic E-state index is 12.0. The van der Waals surface area contributed by atoms with E-state index >= 15 is 0 Å². The van der Waals surface area contributed by atoms with E-state index in [4.69, 9.17) is 4.74 Å². The zero-order chi connectivity index (χ0) is 24.9. The summed E-state index contributed by atoms with van der Waals surface area (Å²) in [4.78, 5) is 26.8. The quantitative estimate of drug-likeness (QED) is 0.283. The van der Waals surface area contributed by atoms with Crippen LogP contribution in [0.4, 0.5) is 23.1 Å². The molecule has 36 heavy (non-hydrogen) atoms. The number of hydrogen-bond acceptors (Lipinski definition) is 7. The molecule has 5 rings (SSSR count). The lowest BCUT2D eigenvalue weighted by molar-refractivity contribution is -0.149. The Morgan fingerprint density at radius 1 is 1.08 bits per heavy atom. The number of H-pyrrole nitrogens is 1. The molecule has 8 nitrogen and oxygen atoms in total. The zero-order valence-corrected chi connectivity index (χ0v) is 20.8. The Morgan fingerprint density at radius 3 is 2.75 bits per heavy atom. The second-order valence-corrected chi connectivity index (χ2v) is 9.27. The number of fused-ring (bicyclic) bond motifs is 1. The van der Waals surface area contributed by atoms with Crippen molar-refractivity contribution in [2.75, 3.05) is 30.3 Å². The van der Waals surface area contributed by atoms with Gasteiger partial charge in [-0.1, -0.05) is 12.1 Å². The van der Waals surface area contributed by atoms with Gasteiger partial charge in [0, 0.05) is 40.7 Å². The summed E-state index contributed by atoms with van der Waals surface area (Å²) in [6.07, 6.45) is 3.44. The summed E-state index contributed by atoms with van der Waals surface area (Å²) in [5, 5.41) is 7.86. The van der Waals surface area contributed by atoms with Crippen LogP contribution in [-0.4, -0.2) is 45.5 Å². The van der Waals surface area contributed by atoms with Crippen molar-refractivity contribution in [1.82, 2.24) is 19.9 Å². The Labute approximate surface area is 211 Å². The normalized spacial score (nSPS) is 14.6. The molecule has 0 aliphatic carbocycles. The fourth-order valence-electron chi connectivity index (χ4n) is 4.71. The molecule has 0 unspecified atom stereocenters. The van der Waals surface area contributed by atoms with E-state index in [9.17, 15) is 4.79 Å². The van der Waals surface area contributed by atoms with Crippen LogP contribution in [0.1, 0.15) is 31.0 Å². The van der Waals surface area contributed by atoms with Crippen LogP contribution in [0.5, 0.6) is 0 Å². The van der Waals surface area contributed by atoms with Gasteiger partial charge in [0.1, 0.15) is 5.82 Å². The van der Waals surface area contributed by atoms with Crippen LogP contribution in [0.3, 0.4) is 0 Å². The largest absolute Gasteiger partial charge is 0.466 e. The number of rotatable bonds is 8. The van der Waals surface area contributed by atoms with Crippen LogP contribution in [0, 0.1) is 12.8 Å². The van der Waals surface area contributed by atoms with E-state index < -0.39 is 0 Å². The van der Waals surface area contributed by atoms with Gasteiger partial charge in [-0.15, -0.1) is 0 Å². The number of anilines is 4. The number of aryl methyl sites for hydroxylation is 1. The third-order valence-corrected chi connectivity index (χ3v) is 6.48. The number of carbonyl (C=O) groups is 1. The number of carbonyl (C=O) groups excluding carboxylic acids is 1. The number of aromatic amines is 1. The first kappa shape index (κ1) is 23.8. The van der Waals surface area contributed by atoms with Crippen LogP contribution < -0.4 is 10.6 Å². The molecule has 186 valence electrons. The molecule has 1 saturated heterocycles. The second-order valence-electron chi connectivity index (χ2n) is 9.27. The number of piperidine rings is 1. The third kappa shape index (κ3) is 5.83. The van der Waals surface area contributed by atoms with Crippen molar-refractivity contribution < 1.29 is 9.53 Å². The van der Waals surface area contributed by atoms with E-state index in [2.05, 4.69) is 67.7 Å². The minimum absolute atomic E-state index is 0.0290. The number of hydrogen-bond donors (Lipinski definition) is 3. The van der Waals surface area contributed by atoms with Crippen LogP contribution >= 0.6 is 0 Å². The summed E-state index contributed by atoms with van der Waals surface area (Å²) in [5.41, 5.74) is 5.37. The van der Waals surface area contributed by atoms with Gasteiger partial charge in [0.05, 0.1) is 12.5 Å². The summed E-state index contributed by atoms with van der Waals surface area (Å²) in [6.45, 7) is 6.99. The topological polar surface area (TPSA) is 95.2 Å². The highest BCUT2D eigenvalue weighted by atomic mass is 16.5.